The highest BCUT2D eigenvalue weighted by atomic mass is 16.3. The minimum Gasteiger partial charge on any atom is -0.392 e. The van der Waals surface area contributed by atoms with E-state index in [1.54, 1.807) is 0 Å². The van der Waals surface area contributed by atoms with E-state index in [9.17, 15) is 10.2 Å². The predicted molar refractivity (Wildman–Crippen MR) is 65.4 cm³/mol. The number of aliphatic hydroxyl groups is 2. The summed E-state index contributed by atoms with van der Waals surface area (Å²) >= 11 is 0. The number of aliphatic hydroxyl groups excluding tert-OH is 1. The Morgan fingerprint density at radius 1 is 1.31 bits per heavy atom. The van der Waals surface area contributed by atoms with Gasteiger partial charge in [0.2, 0.25) is 0 Å². The van der Waals surface area contributed by atoms with Gasteiger partial charge in [-0.1, -0.05) is 12.8 Å². The molecule has 1 unspecified atom stereocenters. The fourth-order valence-corrected chi connectivity index (χ4v) is 2.44. The fraction of sp³-hybridized carbons (Fsp3) is 1.00. The molecule has 16 heavy (non-hydrogen) atoms. The van der Waals surface area contributed by atoms with Crippen molar-refractivity contribution in [3.8, 4) is 0 Å². The first-order valence-corrected chi connectivity index (χ1v) is 6.19. The smallest absolute Gasteiger partial charge is 0.0869 e. The zero-order valence-corrected chi connectivity index (χ0v) is 10.7. The van der Waals surface area contributed by atoms with Crippen LogP contribution >= 0.6 is 0 Å². The van der Waals surface area contributed by atoms with Crippen molar-refractivity contribution in [2.45, 2.75) is 50.4 Å². The third-order valence-corrected chi connectivity index (χ3v) is 3.13. The molecule has 0 aromatic rings. The van der Waals surface area contributed by atoms with Gasteiger partial charge in [-0.15, -0.1) is 0 Å². The molecular weight excluding hydrogens is 204 g/mol. The molecule has 0 bridgehead atoms. The van der Waals surface area contributed by atoms with Crippen LogP contribution in [0.1, 0.15) is 32.6 Å². The summed E-state index contributed by atoms with van der Waals surface area (Å²) in [6, 6.07) is 0.155. The quantitative estimate of drug-likeness (QED) is 0.631. The number of nitrogens with one attached hydrogen (secondary N) is 1. The number of hydrogen-bond acceptors (Lipinski definition) is 4. The first kappa shape index (κ1) is 13.9. The third-order valence-electron chi connectivity index (χ3n) is 3.13. The van der Waals surface area contributed by atoms with Gasteiger partial charge in [-0.25, -0.2) is 0 Å². The molecule has 1 saturated carbocycles. The van der Waals surface area contributed by atoms with E-state index in [0.29, 0.717) is 13.1 Å². The van der Waals surface area contributed by atoms with Crippen LogP contribution in [-0.4, -0.2) is 60.0 Å². The minimum atomic E-state index is -0.735. The van der Waals surface area contributed by atoms with Crippen LogP contribution in [0.25, 0.3) is 0 Å². The van der Waals surface area contributed by atoms with E-state index in [-0.39, 0.29) is 12.1 Å². The summed E-state index contributed by atoms with van der Waals surface area (Å²) in [5.41, 5.74) is -0.735. The third kappa shape index (κ3) is 4.78. The summed E-state index contributed by atoms with van der Waals surface area (Å²) in [7, 11) is 3.90. The largest absolute Gasteiger partial charge is 0.392 e. The van der Waals surface area contributed by atoms with Gasteiger partial charge in [0.15, 0.2) is 0 Å². The molecule has 3 atom stereocenters. The van der Waals surface area contributed by atoms with Gasteiger partial charge in [-0.05, 0) is 33.9 Å². The Morgan fingerprint density at radius 3 is 2.50 bits per heavy atom. The molecule has 4 heteroatoms. The Labute approximate surface area is 98.6 Å². The molecule has 0 aromatic carbocycles. The minimum absolute atomic E-state index is 0.155. The number of likely N-dealkylation sites (N-methyl/N-ethyl adjacent to an activating group) is 1. The van der Waals surface area contributed by atoms with Crippen molar-refractivity contribution < 1.29 is 10.2 Å². The van der Waals surface area contributed by atoms with Crippen LogP contribution in [0.15, 0.2) is 0 Å². The molecule has 1 aliphatic carbocycles. The van der Waals surface area contributed by atoms with Gasteiger partial charge in [0.05, 0.1) is 11.7 Å². The summed E-state index contributed by atoms with van der Waals surface area (Å²) in [4.78, 5) is 1.97. The van der Waals surface area contributed by atoms with E-state index >= 15 is 0 Å². The monoisotopic (exact) mass is 230 g/mol. The normalized spacial score (nSPS) is 30.4. The van der Waals surface area contributed by atoms with Gasteiger partial charge in [-0.3, -0.25) is 0 Å². The molecule has 3 N–H and O–H groups in total. The maximum Gasteiger partial charge on any atom is 0.0869 e. The van der Waals surface area contributed by atoms with Crippen molar-refractivity contribution in [3.05, 3.63) is 0 Å². The van der Waals surface area contributed by atoms with Crippen molar-refractivity contribution in [2.24, 2.45) is 0 Å². The van der Waals surface area contributed by atoms with E-state index in [0.717, 1.165) is 19.3 Å². The van der Waals surface area contributed by atoms with Crippen LogP contribution < -0.4 is 5.32 Å². The molecule has 0 saturated heterocycles. The van der Waals surface area contributed by atoms with Gasteiger partial charge in [-0.2, -0.15) is 0 Å². The first-order valence-electron chi connectivity index (χ1n) is 6.19. The van der Waals surface area contributed by atoms with E-state index in [1.807, 2.05) is 25.9 Å². The Bertz CT molecular complexity index is 207. The molecule has 96 valence electrons. The maximum absolute atomic E-state index is 10.1. The lowest BCUT2D eigenvalue weighted by molar-refractivity contribution is 0.0190. The molecule has 4 nitrogen and oxygen atoms in total. The van der Waals surface area contributed by atoms with Crippen molar-refractivity contribution in [1.29, 1.82) is 0 Å². The average molecular weight is 230 g/mol. The zero-order chi connectivity index (χ0) is 12.2. The first-order chi connectivity index (χ1) is 7.41. The molecule has 0 aromatic heterocycles. The molecular formula is C12H26N2O2. The van der Waals surface area contributed by atoms with Crippen LogP contribution in [0, 0.1) is 0 Å². The van der Waals surface area contributed by atoms with E-state index < -0.39 is 5.60 Å². The maximum atomic E-state index is 10.1. The SMILES string of the molecule is CN(C)CC(C)(O)CN[C@@H]1CCCC[C@H]1O. The number of hydrogen-bond donors (Lipinski definition) is 3. The van der Waals surface area contributed by atoms with Gasteiger partial charge in [0.1, 0.15) is 0 Å². The van der Waals surface area contributed by atoms with Crippen molar-refractivity contribution >= 4 is 0 Å². The standard InChI is InChI=1S/C12H26N2O2/c1-12(16,9-14(2)3)8-13-10-6-4-5-7-11(10)15/h10-11,13,15-16H,4-9H2,1-3H3/t10-,11-,12?/m1/s1. The average Bonchev–Trinajstić information content (AvgIpc) is 2.14. The zero-order valence-electron chi connectivity index (χ0n) is 10.7. The molecule has 0 heterocycles. The summed E-state index contributed by atoms with van der Waals surface area (Å²) in [5, 5.41) is 23.2. The van der Waals surface area contributed by atoms with Crippen molar-refractivity contribution in [1.82, 2.24) is 10.2 Å². The Balaban J connectivity index is 2.31. The van der Waals surface area contributed by atoms with E-state index in [4.69, 9.17) is 0 Å². The Hall–Kier alpha value is -0.160. The van der Waals surface area contributed by atoms with Crippen LogP contribution in [0.4, 0.5) is 0 Å². The molecule has 0 amide bonds. The Morgan fingerprint density at radius 2 is 1.94 bits per heavy atom. The second kappa shape index (κ2) is 5.96. The van der Waals surface area contributed by atoms with Gasteiger partial charge in [0.25, 0.3) is 0 Å². The summed E-state index contributed by atoms with van der Waals surface area (Å²) in [6.07, 6.45) is 3.94. The summed E-state index contributed by atoms with van der Waals surface area (Å²) in [6.45, 7) is 2.99. The lowest BCUT2D eigenvalue weighted by atomic mass is 9.92. The topological polar surface area (TPSA) is 55.7 Å². The molecule has 0 radical (unpaired) electrons. The van der Waals surface area contributed by atoms with Crippen LogP contribution in [0.3, 0.4) is 0 Å². The molecule has 1 aliphatic rings. The summed E-state index contributed by atoms with van der Waals surface area (Å²) in [5.74, 6) is 0. The molecule has 0 aliphatic heterocycles. The highest BCUT2D eigenvalue weighted by Gasteiger charge is 2.27. The second-order valence-electron chi connectivity index (χ2n) is 5.57. The molecule has 1 fully saturated rings. The van der Waals surface area contributed by atoms with Gasteiger partial charge < -0.3 is 20.4 Å². The van der Waals surface area contributed by atoms with Crippen molar-refractivity contribution in [2.75, 3.05) is 27.2 Å². The number of nitrogens with zero attached hydrogens (tertiary/aromatic N) is 1. The second-order valence-corrected chi connectivity index (χ2v) is 5.57. The lowest BCUT2D eigenvalue weighted by Gasteiger charge is -2.33. The lowest BCUT2D eigenvalue weighted by Crippen LogP contribution is -2.51. The molecule has 1 rings (SSSR count). The Kier molecular flexibility index (Phi) is 5.18. The van der Waals surface area contributed by atoms with Crippen molar-refractivity contribution in [3.63, 3.8) is 0 Å². The summed E-state index contributed by atoms with van der Waals surface area (Å²) < 4.78 is 0. The van der Waals surface area contributed by atoms with E-state index in [2.05, 4.69) is 5.32 Å². The highest BCUT2D eigenvalue weighted by Crippen LogP contribution is 2.18. The van der Waals surface area contributed by atoms with Crippen LogP contribution in [0.5, 0.6) is 0 Å². The molecule has 0 spiro atoms. The van der Waals surface area contributed by atoms with Gasteiger partial charge in [0, 0.05) is 19.1 Å². The predicted octanol–water partition coefficient (Wildman–Crippen LogP) is 0.192. The highest BCUT2D eigenvalue weighted by molar-refractivity contribution is 4.85. The van der Waals surface area contributed by atoms with Crippen LogP contribution in [-0.2, 0) is 0 Å². The number of rotatable bonds is 5. The fourth-order valence-electron chi connectivity index (χ4n) is 2.44. The van der Waals surface area contributed by atoms with Gasteiger partial charge >= 0.3 is 0 Å². The van der Waals surface area contributed by atoms with E-state index in [1.165, 1.54) is 6.42 Å². The van der Waals surface area contributed by atoms with Crippen LogP contribution in [0.2, 0.25) is 0 Å².